The third-order valence-electron chi connectivity index (χ3n) is 5.63. The van der Waals surface area contributed by atoms with Crippen LogP contribution in [0.15, 0.2) is 35.5 Å². The molecule has 0 bridgehead atoms. The fraction of sp³-hybridized carbons (Fsp3) is 0.571. The Morgan fingerprint density at radius 2 is 1.96 bits per heavy atom. The minimum atomic E-state index is 0.510. The van der Waals surface area contributed by atoms with Gasteiger partial charge in [0.15, 0.2) is 5.96 Å². The Hall–Kier alpha value is -2.05. The molecule has 0 amide bonds. The Labute approximate surface area is 163 Å². The Morgan fingerprint density at radius 3 is 2.70 bits per heavy atom. The van der Waals surface area contributed by atoms with Crippen LogP contribution in [0.1, 0.15) is 19.4 Å². The Kier molecular flexibility index (Phi) is 7.12. The maximum absolute atomic E-state index is 4.37. The number of H-pyrrole nitrogens is 1. The molecule has 2 heterocycles. The molecule has 1 unspecified atom stereocenters. The molecule has 1 saturated heterocycles. The van der Waals surface area contributed by atoms with Gasteiger partial charge >= 0.3 is 0 Å². The Balaban J connectivity index is 1.40. The number of hydrogen-bond donors (Lipinski definition) is 3. The summed E-state index contributed by atoms with van der Waals surface area (Å²) in [6.07, 6.45) is 3.08. The van der Waals surface area contributed by atoms with E-state index in [9.17, 15) is 0 Å². The highest BCUT2D eigenvalue weighted by atomic mass is 15.3. The van der Waals surface area contributed by atoms with E-state index >= 15 is 0 Å². The third-order valence-corrected chi connectivity index (χ3v) is 5.63. The van der Waals surface area contributed by atoms with E-state index in [2.05, 4.69) is 74.7 Å². The first-order valence-electron chi connectivity index (χ1n) is 10.2. The zero-order valence-electron chi connectivity index (χ0n) is 17.0. The van der Waals surface area contributed by atoms with Gasteiger partial charge in [-0.25, -0.2) is 0 Å². The fourth-order valence-corrected chi connectivity index (χ4v) is 3.77. The SMILES string of the molecule is CCN1CCN(C(C)CNC(=NC)NCCc2c[nH]c3ccccc23)CC1. The highest BCUT2D eigenvalue weighted by molar-refractivity contribution is 5.83. The van der Waals surface area contributed by atoms with Gasteiger partial charge < -0.3 is 20.5 Å². The lowest BCUT2D eigenvalue weighted by atomic mass is 10.1. The highest BCUT2D eigenvalue weighted by Gasteiger charge is 2.20. The summed E-state index contributed by atoms with van der Waals surface area (Å²) in [5, 5.41) is 8.24. The van der Waals surface area contributed by atoms with Crippen LogP contribution >= 0.6 is 0 Å². The average Bonchev–Trinajstić information content (AvgIpc) is 3.13. The minimum absolute atomic E-state index is 0.510. The molecule has 0 aliphatic carbocycles. The van der Waals surface area contributed by atoms with E-state index in [-0.39, 0.29) is 0 Å². The van der Waals surface area contributed by atoms with Crippen molar-refractivity contribution in [3.63, 3.8) is 0 Å². The molecule has 0 saturated carbocycles. The third kappa shape index (κ3) is 5.23. The van der Waals surface area contributed by atoms with Crippen LogP contribution in [0.25, 0.3) is 10.9 Å². The number of aromatic amines is 1. The number of aliphatic imine (C=N–C) groups is 1. The van der Waals surface area contributed by atoms with Gasteiger partial charge in [0.2, 0.25) is 0 Å². The van der Waals surface area contributed by atoms with Crippen molar-refractivity contribution in [3.8, 4) is 0 Å². The number of nitrogens with one attached hydrogen (secondary N) is 3. The summed E-state index contributed by atoms with van der Waals surface area (Å²) in [6, 6.07) is 8.96. The van der Waals surface area contributed by atoms with Gasteiger partial charge in [0.1, 0.15) is 0 Å². The Bertz CT molecular complexity index is 729. The summed E-state index contributed by atoms with van der Waals surface area (Å²) < 4.78 is 0. The summed E-state index contributed by atoms with van der Waals surface area (Å²) in [6.45, 7) is 12.2. The number of likely N-dealkylation sites (N-methyl/N-ethyl adjacent to an activating group) is 1. The molecule has 3 rings (SSSR count). The van der Waals surface area contributed by atoms with Crippen LogP contribution in [0.2, 0.25) is 0 Å². The summed E-state index contributed by atoms with van der Waals surface area (Å²) in [5.74, 6) is 0.883. The first-order valence-corrected chi connectivity index (χ1v) is 10.2. The van der Waals surface area contributed by atoms with Gasteiger partial charge in [-0.3, -0.25) is 9.89 Å². The highest BCUT2D eigenvalue weighted by Crippen LogP contribution is 2.17. The molecule has 1 aliphatic heterocycles. The number of para-hydroxylation sites is 1. The topological polar surface area (TPSA) is 58.7 Å². The van der Waals surface area contributed by atoms with Crippen LogP contribution < -0.4 is 10.6 Å². The van der Waals surface area contributed by atoms with E-state index < -0.39 is 0 Å². The molecule has 27 heavy (non-hydrogen) atoms. The molecule has 1 fully saturated rings. The molecule has 3 N–H and O–H groups in total. The second-order valence-electron chi connectivity index (χ2n) is 7.31. The largest absolute Gasteiger partial charge is 0.361 e. The fourth-order valence-electron chi connectivity index (χ4n) is 3.77. The molecule has 1 aliphatic rings. The predicted molar refractivity (Wildman–Crippen MR) is 115 cm³/mol. The van der Waals surface area contributed by atoms with Crippen molar-refractivity contribution in [2.45, 2.75) is 26.3 Å². The maximum atomic E-state index is 4.37. The van der Waals surface area contributed by atoms with Crippen LogP contribution in [-0.4, -0.2) is 79.6 Å². The van der Waals surface area contributed by atoms with Crippen molar-refractivity contribution < 1.29 is 0 Å². The number of aromatic nitrogens is 1. The van der Waals surface area contributed by atoms with Crippen molar-refractivity contribution in [2.75, 3.05) is 52.9 Å². The molecule has 6 heteroatoms. The molecule has 1 atom stereocenters. The molecule has 148 valence electrons. The predicted octanol–water partition coefficient (Wildman–Crippen LogP) is 1.90. The minimum Gasteiger partial charge on any atom is -0.361 e. The monoisotopic (exact) mass is 370 g/mol. The van der Waals surface area contributed by atoms with Crippen LogP contribution in [0.5, 0.6) is 0 Å². The number of piperazine rings is 1. The van der Waals surface area contributed by atoms with Crippen LogP contribution in [0, 0.1) is 0 Å². The van der Waals surface area contributed by atoms with E-state index in [0.717, 1.165) is 45.1 Å². The molecular weight excluding hydrogens is 336 g/mol. The molecule has 1 aromatic heterocycles. The smallest absolute Gasteiger partial charge is 0.191 e. The number of nitrogens with zero attached hydrogens (tertiary/aromatic N) is 3. The molecule has 0 spiro atoms. The zero-order valence-corrected chi connectivity index (χ0v) is 17.0. The van der Waals surface area contributed by atoms with Crippen molar-refractivity contribution in [3.05, 3.63) is 36.0 Å². The number of guanidine groups is 1. The van der Waals surface area contributed by atoms with Gasteiger partial charge in [-0.05, 0) is 31.5 Å². The molecule has 2 aromatic rings. The first kappa shape index (κ1) is 19.7. The van der Waals surface area contributed by atoms with Crippen LogP contribution in [0.4, 0.5) is 0 Å². The standard InChI is InChI=1S/C21H34N6/c1-4-26-11-13-27(14-12-26)17(2)15-25-21(22-3)23-10-9-18-16-24-20-8-6-5-7-19(18)20/h5-8,16-17,24H,4,9-15H2,1-3H3,(H2,22,23,25). The molecule has 0 radical (unpaired) electrons. The van der Waals surface area contributed by atoms with E-state index in [1.807, 2.05) is 7.05 Å². The van der Waals surface area contributed by atoms with Crippen LogP contribution in [0.3, 0.4) is 0 Å². The molecular formula is C21H34N6. The summed E-state index contributed by atoms with van der Waals surface area (Å²) >= 11 is 0. The van der Waals surface area contributed by atoms with E-state index in [0.29, 0.717) is 6.04 Å². The van der Waals surface area contributed by atoms with Gasteiger partial charge in [-0.2, -0.15) is 0 Å². The normalized spacial score (nSPS) is 18.0. The number of benzene rings is 1. The maximum Gasteiger partial charge on any atom is 0.191 e. The second kappa shape index (κ2) is 9.76. The van der Waals surface area contributed by atoms with Gasteiger partial charge in [0.05, 0.1) is 0 Å². The van der Waals surface area contributed by atoms with E-state index in [1.165, 1.54) is 29.6 Å². The van der Waals surface area contributed by atoms with Gasteiger partial charge in [-0.15, -0.1) is 0 Å². The average molecular weight is 371 g/mol. The quantitative estimate of drug-likeness (QED) is 0.515. The number of rotatable bonds is 7. The second-order valence-corrected chi connectivity index (χ2v) is 7.31. The van der Waals surface area contributed by atoms with Gasteiger partial charge in [0, 0.05) is 69.5 Å². The lowest BCUT2D eigenvalue weighted by Crippen LogP contribution is -2.53. The zero-order chi connectivity index (χ0) is 19.1. The van der Waals surface area contributed by atoms with Crippen LogP contribution in [-0.2, 0) is 6.42 Å². The number of fused-ring (bicyclic) bond motifs is 1. The van der Waals surface area contributed by atoms with Crippen molar-refractivity contribution in [1.82, 2.24) is 25.4 Å². The van der Waals surface area contributed by atoms with E-state index in [4.69, 9.17) is 0 Å². The summed E-state index contributed by atoms with van der Waals surface area (Å²) in [7, 11) is 1.84. The number of hydrogen-bond acceptors (Lipinski definition) is 3. The summed E-state index contributed by atoms with van der Waals surface area (Å²) in [4.78, 5) is 12.8. The van der Waals surface area contributed by atoms with E-state index in [1.54, 1.807) is 0 Å². The van der Waals surface area contributed by atoms with Gasteiger partial charge in [0.25, 0.3) is 0 Å². The summed E-state index contributed by atoms with van der Waals surface area (Å²) in [5.41, 5.74) is 2.54. The lowest BCUT2D eigenvalue weighted by molar-refractivity contribution is 0.107. The Morgan fingerprint density at radius 1 is 1.19 bits per heavy atom. The molecule has 1 aromatic carbocycles. The van der Waals surface area contributed by atoms with Crippen molar-refractivity contribution in [2.24, 2.45) is 4.99 Å². The first-order chi connectivity index (χ1) is 13.2. The van der Waals surface area contributed by atoms with Crippen molar-refractivity contribution >= 4 is 16.9 Å². The van der Waals surface area contributed by atoms with Crippen molar-refractivity contribution in [1.29, 1.82) is 0 Å². The molecule has 6 nitrogen and oxygen atoms in total. The van der Waals surface area contributed by atoms with Gasteiger partial charge in [-0.1, -0.05) is 25.1 Å². The lowest BCUT2D eigenvalue weighted by Gasteiger charge is -2.37.